The number of benzene rings is 2. The Morgan fingerprint density at radius 1 is 1.03 bits per heavy atom. The van der Waals surface area contributed by atoms with Gasteiger partial charge in [-0.05, 0) is 53.8 Å². The molecule has 39 heavy (non-hydrogen) atoms. The van der Waals surface area contributed by atoms with Crippen molar-refractivity contribution in [2.45, 2.75) is 32.0 Å². The van der Waals surface area contributed by atoms with Crippen LogP contribution in [-0.2, 0) is 22.5 Å². The summed E-state index contributed by atoms with van der Waals surface area (Å²) in [5.41, 5.74) is 4.10. The third-order valence-corrected chi connectivity index (χ3v) is 7.31. The van der Waals surface area contributed by atoms with Crippen LogP contribution in [-0.4, -0.2) is 40.4 Å². The molecule has 1 saturated heterocycles. The Bertz CT molecular complexity index is 1440. The zero-order valence-electron chi connectivity index (χ0n) is 21.4. The summed E-state index contributed by atoms with van der Waals surface area (Å²) >= 11 is 1.36. The van der Waals surface area contributed by atoms with Crippen LogP contribution in [0.5, 0.6) is 0 Å². The number of carbonyl (C=O) groups excluding carboxylic acids is 3. The molecule has 4 aromatic rings. The predicted molar refractivity (Wildman–Crippen MR) is 149 cm³/mol. The van der Waals surface area contributed by atoms with Gasteiger partial charge in [0, 0.05) is 30.5 Å². The van der Waals surface area contributed by atoms with Crippen molar-refractivity contribution >= 4 is 34.9 Å². The molecule has 8 nitrogen and oxygen atoms in total. The summed E-state index contributed by atoms with van der Waals surface area (Å²) in [6, 6.07) is 23.2. The molecule has 5 rings (SSSR count). The van der Waals surface area contributed by atoms with Gasteiger partial charge in [-0.15, -0.1) is 11.3 Å². The van der Waals surface area contributed by atoms with Crippen LogP contribution in [0.4, 0.5) is 10.5 Å². The molecule has 1 aliphatic heterocycles. The van der Waals surface area contributed by atoms with Crippen LogP contribution >= 0.6 is 11.3 Å². The smallest absolute Gasteiger partial charge is 0.411 e. The number of nitrogens with one attached hydrogen (secondary N) is 2. The first-order valence-corrected chi connectivity index (χ1v) is 13.5. The number of rotatable bonds is 9. The highest BCUT2D eigenvalue weighted by Crippen LogP contribution is 2.34. The molecule has 2 aromatic carbocycles. The van der Waals surface area contributed by atoms with E-state index in [4.69, 9.17) is 4.74 Å². The van der Waals surface area contributed by atoms with Gasteiger partial charge in [0.25, 0.3) is 5.91 Å². The number of carbonyl (C=O) groups is 3. The lowest BCUT2D eigenvalue weighted by atomic mass is 10.00. The number of aryl methyl sites for hydroxylation is 1. The summed E-state index contributed by atoms with van der Waals surface area (Å²) in [6.07, 6.45) is 0.919. The van der Waals surface area contributed by atoms with Crippen LogP contribution in [0, 0.1) is 6.92 Å². The molecule has 2 atom stereocenters. The van der Waals surface area contributed by atoms with Gasteiger partial charge < -0.3 is 15.4 Å². The van der Waals surface area contributed by atoms with Crippen LogP contribution in [0.15, 0.2) is 90.4 Å². The van der Waals surface area contributed by atoms with E-state index in [2.05, 4.69) is 15.6 Å². The summed E-state index contributed by atoms with van der Waals surface area (Å²) < 4.78 is 5.77. The van der Waals surface area contributed by atoms with E-state index in [0.717, 1.165) is 16.8 Å². The van der Waals surface area contributed by atoms with Gasteiger partial charge in [-0.1, -0.05) is 54.1 Å². The van der Waals surface area contributed by atoms with Crippen molar-refractivity contribution in [3.05, 3.63) is 118 Å². The third kappa shape index (κ3) is 6.32. The van der Waals surface area contributed by atoms with Gasteiger partial charge in [0.2, 0.25) is 5.91 Å². The van der Waals surface area contributed by atoms with E-state index < -0.39 is 18.2 Å². The molecule has 2 unspecified atom stereocenters. The Balaban J connectivity index is 1.34. The normalized spacial score (nSPS) is 16.5. The highest BCUT2D eigenvalue weighted by molar-refractivity contribution is 7.12. The zero-order chi connectivity index (χ0) is 27.2. The maximum absolute atomic E-state index is 13.5. The first-order valence-electron chi connectivity index (χ1n) is 12.6. The summed E-state index contributed by atoms with van der Waals surface area (Å²) in [7, 11) is 0. The zero-order valence-corrected chi connectivity index (χ0v) is 22.2. The molecular formula is C30H28N4O4S. The fraction of sp³-hybridized carbons (Fsp3) is 0.200. The minimum Gasteiger partial charge on any atom is -0.438 e. The van der Waals surface area contributed by atoms with Crippen molar-refractivity contribution in [3.63, 3.8) is 0 Å². The Labute approximate surface area is 230 Å². The van der Waals surface area contributed by atoms with Gasteiger partial charge in [0.15, 0.2) is 12.1 Å². The van der Waals surface area contributed by atoms with E-state index in [1.54, 1.807) is 36.5 Å². The topological polar surface area (TPSA) is 101 Å². The fourth-order valence-electron chi connectivity index (χ4n) is 4.54. The number of pyridine rings is 1. The summed E-state index contributed by atoms with van der Waals surface area (Å²) in [5.74, 6) is -0.496. The number of hydrogen-bond donors (Lipinski definition) is 2. The number of aromatic nitrogens is 1. The van der Waals surface area contributed by atoms with Crippen molar-refractivity contribution in [2.24, 2.45) is 0 Å². The van der Waals surface area contributed by atoms with Crippen molar-refractivity contribution in [2.75, 3.05) is 11.9 Å². The van der Waals surface area contributed by atoms with E-state index in [-0.39, 0.29) is 18.4 Å². The Morgan fingerprint density at radius 2 is 1.87 bits per heavy atom. The van der Waals surface area contributed by atoms with E-state index in [1.807, 2.05) is 60.8 Å². The molecule has 9 heteroatoms. The molecule has 0 saturated carbocycles. The van der Waals surface area contributed by atoms with Crippen LogP contribution < -0.4 is 10.6 Å². The number of cyclic esters (lactones) is 1. The van der Waals surface area contributed by atoms with Gasteiger partial charge >= 0.3 is 6.09 Å². The molecule has 198 valence electrons. The highest BCUT2D eigenvalue weighted by atomic mass is 32.1. The minimum atomic E-state index is -0.867. The fourth-order valence-corrected chi connectivity index (χ4v) is 5.16. The second-order valence-electron chi connectivity index (χ2n) is 9.28. The summed E-state index contributed by atoms with van der Waals surface area (Å²) in [6.45, 7) is 2.60. The average molecular weight is 541 g/mol. The predicted octanol–water partition coefficient (Wildman–Crippen LogP) is 5.12. The van der Waals surface area contributed by atoms with Gasteiger partial charge in [-0.3, -0.25) is 19.5 Å². The maximum Gasteiger partial charge on any atom is 0.411 e. The first-order chi connectivity index (χ1) is 19.0. The van der Waals surface area contributed by atoms with Crippen molar-refractivity contribution < 1.29 is 19.1 Å². The van der Waals surface area contributed by atoms with Crippen LogP contribution in [0.3, 0.4) is 0 Å². The molecule has 0 radical (unpaired) electrons. The number of thiophene rings is 1. The lowest BCUT2D eigenvalue weighted by molar-refractivity contribution is -0.126. The lowest BCUT2D eigenvalue weighted by Gasteiger charge is -2.24. The van der Waals surface area contributed by atoms with Crippen LogP contribution in [0.2, 0.25) is 0 Å². The van der Waals surface area contributed by atoms with Crippen molar-refractivity contribution in [3.8, 4) is 0 Å². The van der Waals surface area contributed by atoms with E-state index in [1.165, 1.54) is 16.2 Å². The Morgan fingerprint density at radius 3 is 2.59 bits per heavy atom. The molecule has 3 heterocycles. The average Bonchev–Trinajstić information content (AvgIpc) is 3.59. The highest BCUT2D eigenvalue weighted by Gasteiger charge is 2.46. The molecular weight excluding hydrogens is 512 g/mol. The summed E-state index contributed by atoms with van der Waals surface area (Å²) in [4.78, 5) is 45.4. The number of nitrogens with zero attached hydrogens (tertiary/aromatic N) is 2. The van der Waals surface area contributed by atoms with Crippen LogP contribution in [0.25, 0.3) is 0 Å². The molecule has 3 amide bonds. The molecule has 1 fully saturated rings. The van der Waals surface area contributed by atoms with E-state index in [0.29, 0.717) is 29.1 Å². The van der Waals surface area contributed by atoms with Gasteiger partial charge in [-0.2, -0.15) is 0 Å². The minimum absolute atomic E-state index is 0.195. The quantitative estimate of drug-likeness (QED) is 0.307. The van der Waals surface area contributed by atoms with E-state index >= 15 is 0 Å². The molecule has 0 spiro atoms. The molecule has 2 N–H and O–H groups in total. The SMILES string of the molecule is Cc1cccc(CN2C(=O)OC(c3ccc(NC(=O)c4cccs4)cc3)C2C(=O)NCCc2ccccn2)c1. The van der Waals surface area contributed by atoms with Gasteiger partial charge in [0.1, 0.15) is 0 Å². The Hall–Kier alpha value is -4.50. The van der Waals surface area contributed by atoms with E-state index in [9.17, 15) is 14.4 Å². The number of anilines is 1. The molecule has 0 aliphatic carbocycles. The van der Waals surface area contributed by atoms with Gasteiger partial charge in [0.05, 0.1) is 11.4 Å². The third-order valence-electron chi connectivity index (χ3n) is 6.44. The first kappa shape index (κ1) is 26.1. The monoisotopic (exact) mass is 540 g/mol. The van der Waals surface area contributed by atoms with Crippen molar-refractivity contribution in [1.29, 1.82) is 0 Å². The molecule has 1 aliphatic rings. The lowest BCUT2D eigenvalue weighted by Crippen LogP contribution is -2.46. The van der Waals surface area contributed by atoms with Crippen molar-refractivity contribution in [1.82, 2.24) is 15.2 Å². The molecule has 0 bridgehead atoms. The second kappa shape index (κ2) is 11.9. The number of hydrogen-bond acceptors (Lipinski definition) is 6. The van der Waals surface area contributed by atoms with Gasteiger partial charge in [-0.25, -0.2) is 4.79 Å². The van der Waals surface area contributed by atoms with Crippen LogP contribution in [0.1, 0.15) is 38.2 Å². The largest absolute Gasteiger partial charge is 0.438 e. The number of ether oxygens (including phenoxy) is 1. The summed E-state index contributed by atoms with van der Waals surface area (Å²) in [5, 5.41) is 7.67. The second-order valence-corrected chi connectivity index (χ2v) is 10.2. The Kier molecular flexibility index (Phi) is 7.98. The molecule has 2 aromatic heterocycles. The standard InChI is InChI=1S/C30H28N4O4S/c1-20-6-4-7-21(18-20)19-34-26(29(36)32-16-14-23-8-2-3-15-31-23)27(38-30(34)37)22-10-12-24(13-11-22)33-28(35)25-9-5-17-39-25/h2-13,15,17-18,26-27H,14,16,19H2,1H3,(H,32,36)(H,33,35). The number of amides is 3. The maximum atomic E-state index is 13.5.